The third-order valence-electron chi connectivity index (χ3n) is 2.34. The number of hydrogen-bond acceptors (Lipinski definition) is 4. The first-order chi connectivity index (χ1) is 9.24. The van der Waals surface area contributed by atoms with Crippen molar-refractivity contribution in [3.8, 4) is 0 Å². The molecule has 6 nitrogen and oxygen atoms in total. The zero-order valence-corrected chi connectivity index (χ0v) is 12.7. The highest BCUT2D eigenvalue weighted by molar-refractivity contribution is 6.68. The summed E-state index contributed by atoms with van der Waals surface area (Å²) in [5.74, 6) is -0.296. The average molecular weight is 341 g/mol. The lowest BCUT2D eigenvalue weighted by atomic mass is 10.3. The van der Waals surface area contributed by atoms with Crippen LogP contribution >= 0.6 is 34.8 Å². The molecule has 0 aromatic heterocycles. The van der Waals surface area contributed by atoms with E-state index < -0.39 is 14.9 Å². The fraction of sp³-hybridized carbons (Fsp3) is 0.364. The van der Waals surface area contributed by atoms with E-state index in [9.17, 15) is 14.9 Å². The SMILES string of the molecule is CCC(=O)NC(Nc1ccc([N+](=O)[O-])cc1)C(Cl)(Cl)Cl. The van der Waals surface area contributed by atoms with Crippen molar-refractivity contribution in [3.63, 3.8) is 0 Å². The predicted octanol–water partition coefficient (Wildman–Crippen LogP) is 3.23. The monoisotopic (exact) mass is 339 g/mol. The van der Waals surface area contributed by atoms with E-state index in [4.69, 9.17) is 34.8 Å². The highest BCUT2D eigenvalue weighted by atomic mass is 35.6. The number of nitro benzene ring substituents is 1. The Balaban J connectivity index is 2.84. The average Bonchev–Trinajstić information content (AvgIpc) is 2.37. The van der Waals surface area contributed by atoms with E-state index in [0.717, 1.165) is 0 Å². The van der Waals surface area contributed by atoms with Crippen LogP contribution in [0, 0.1) is 10.1 Å². The summed E-state index contributed by atoms with van der Waals surface area (Å²) >= 11 is 17.3. The van der Waals surface area contributed by atoms with E-state index in [2.05, 4.69) is 10.6 Å². The summed E-state index contributed by atoms with van der Waals surface area (Å²) in [6, 6.07) is 5.53. The molecular formula is C11H12Cl3N3O3. The van der Waals surface area contributed by atoms with Gasteiger partial charge in [-0.25, -0.2) is 0 Å². The molecule has 1 aromatic rings. The summed E-state index contributed by atoms with van der Waals surface area (Å²) in [5.41, 5.74) is 0.418. The third kappa shape index (κ3) is 5.03. The largest absolute Gasteiger partial charge is 0.362 e. The van der Waals surface area contributed by atoms with Crippen LogP contribution in [0.15, 0.2) is 24.3 Å². The topological polar surface area (TPSA) is 84.3 Å². The number of alkyl halides is 3. The lowest BCUT2D eigenvalue weighted by molar-refractivity contribution is -0.384. The number of benzene rings is 1. The van der Waals surface area contributed by atoms with Crippen LogP contribution in [0.2, 0.25) is 0 Å². The quantitative estimate of drug-likeness (QED) is 0.373. The van der Waals surface area contributed by atoms with Crippen LogP contribution in [0.1, 0.15) is 13.3 Å². The molecule has 0 heterocycles. The van der Waals surface area contributed by atoms with Crippen molar-refractivity contribution in [2.24, 2.45) is 0 Å². The van der Waals surface area contributed by atoms with Gasteiger partial charge in [-0.05, 0) is 12.1 Å². The standard InChI is InChI=1S/C11H12Cl3N3O3/c1-2-9(18)16-10(11(12,13)14)15-7-3-5-8(6-4-7)17(19)20/h3-6,10,15H,2H2,1H3,(H,16,18). The van der Waals surface area contributed by atoms with Gasteiger partial charge in [-0.3, -0.25) is 14.9 Å². The Bertz CT molecular complexity index is 488. The van der Waals surface area contributed by atoms with E-state index in [0.29, 0.717) is 5.69 Å². The van der Waals surface area contributed by atoms with E-state index in [1.165, 1.54) is 24.3 Å². The molecule has 1 unspecified atom stereocenters. The van der Waals surface area contributed by atoms with Crippen molar-refractivity contribution in [3.05, 3.63) is 34.4 Å². The van der Waals surface area contributed by atoms with Crippen LogP contribution < -0.4 is 10.6 Å². The Morgan fingerprint density at radius 2 is 1.90 bits per heavy atom. The van der Waals surface area contributed by atoms with E-state index >= 15 is 0 Å². The van der Waals surface area contributed by atoms with Crippen LogP contribution in [-0.4, -0.2) is 20.8 Å². The number of carbonyl (C=O) groups is 1. The maximum atomic E-state index is 11.4. The lowest BCUT2D eigenvalue weighted by Crippen LogP contribution is -2.48. The molecule has 0 saturated carbocycles. The number of anilines is 1. The smallest absolute Gasteiger partial charge is 0.269 e. The zero-order chi connectivity index (χ0) is 15.3. The fourth-order valence-electron chi connectivity index (χ4n) is 1.31. The Labute approximate surface area is 130 Å². The highest BCUT2D eigenvalue weighted by Gasteiger charge is 2.33. The minimum Gasteiger partial charge on any atom is -0.362 e. The summed E-state index contributed by atoms with van der Waals surface area (Å²) in [5, 5.41) is 15.9. The number of nitro groups is 1. The molecule has 0 aliphatic carbocycles. The van der Waals surface area contributed by atoms with Gasteiger partial charge in [0.2, 0.25) is 9.70 Å². The first kappa shape index (κ1) is 16.8. The van der Waals surface area contributed by atoms with Gasteiger partial charge in [0.25, 0.3) is 5.69 Å². The van der Waals surface area contributed by atoms with Crippen LogP contribution in [-0.2, 0) is 4.79 Å². The summed E-state index contributed by atoms with van der Waals surface area (Å²) < 4.78 is -1.77. The maximum Gasteiger partial charge on any atom is 0.269 e. The predicted molar refractivity (Wildman–Crippen MR) is 79.2 cm³/mol. The molecule has 0 fully saturated rings. The number of hydrogen-bond donors (Lipinski definition) is 2. The van der Waals surface area contributed by atoms with Crippen molar-refractivity contribution in [1.82, 2.24) is 5.32 Å². The summed E-state index contributed by atoms with van der Waals surface area (Å²) in [7, 11) is 0. The summed E-state index contributed by atoms with van der Waals surface area (Å²) in [6.07, 6.45) is -0.722. The van der Waals surface area contributed by atoms with Gasteiger partial charge in [0.1, 0.15) is 6.17 Å². The maximum absolute atomic E-state index is 11.4. The molecule has 0 radical (unpaired) electrons. The number of rotatable bonds is 5. The van der Waals surface area contributed by atoms with E-state index in [-0.39, 0.29) is 18.0 Å². The van der Waals surface area contributed by atoms with Crippen LogP contribution in [0.5, 0.6) is 0 Å². The Hall–Kier alpha value is -1.24. The molecule has 0 aliphatic rings. The summed E-state index contributed by atoms with van der Waals surface area (Å²) in [6.45, 7) is 1.66. The van der Waals surface area contributed by atoms with Crippen molar-refractivity contribution in [1.29, 1.82) is 0 Å². The Kier molecular flexibility index (Phi) is 5.86. The normalized spacial score (nSPS) is 12.6. The fourth-order valence-corrected chi connectivity index (χ4v) is 1.64. The number of halogens is 3. The summed E-state index contributed by atoms with van der Waals surface area (Å²) in [4.78, 5) is 21.4. The first-order valence-corrected chi connectivity index (χ1v) is 6.74. The second-order valence-corrected chi connectivity index (χ2v) is 6.21. The molecule has 2 N–H and O–H groups in total. The van der Waals surface area contributed by atoms with Gasteiger partial charge in [-0.2, -0.15) is 0 Å². The van der Waals surface area contributed by atoms with Crippen LogP contribution in [0.25, 0.3) is 0 Å². The van der Waals surface area contributed by atoms with Crippen molar-refractivity contribution >= 4 is 52.1 Å². The molecule has 0 aliphatic heterocycles. The number of nitrogens with zero attached hydrogens (tertiary/aromatic N) is 1. The minimum atomic E-state index is -1.77. The van der Waals surface area contributed by atoms with Gasteiger partial charge < -0.3 is 10.6 Å². The van der Waals surface area contributed by atoms with Crippen LogP contribution in [0.4, 0.5) is 11.4 Å². The molecule has 1 aromatic carbocycles. The number of amides is 1. The second kappa shape index (κ2) is 6.97. The van der Waals surface area contributed by atoms with Gasteiger partial charge in [0.15, 0.2) is 0 Å². The van der Waals surface area contributed by atoms with Gasteiger partial charge in [-0.15, -0.1) is 0 Å². The highest BCUT2D eigenvalue weighted by Crippen LogP contribution is 2.31. The molecule has 0 saturated heterocycles. The van der Waals surface area contributed by atoms with Crippen molar-refractivity contribution < 1.29 is 9.72 Å². The third-order valence-corrected chi connectivity index (χ3v) is 3.00. The molecule has 1 amide bonds. The van der Waals surface area contributed by atoms with Crippen molar-refractivity contribution in [2.75, 3.05) is 5.32 Å². The molecule has 20 heavy (non-hydrogen) atoms. The Morgan fingerprint density at radius 1 is 1.35 bits per heavy atom. The van der Waals surface area contributed by atoms with Gasteiger partial charge in [-0.1, -0.05) is 41.7 Å². The molecule has 1 rings (SSSR count). The van der Waals surface area contributed by atoms with Gasteiger partial charge in [0.05, 0.1) is 4.92 Å². The van der Waals surface area contributed by atoms with Crippen molar-refractivity contribution in [2.45, 2.75) is 23.3 Å². The van der Waals surface area contributed by atoms with E-state index in [1.54, 1.807) is 6.92 Å². The molecule has 110 valence electrons. The lowest BCUT2D eigenvalue weighted by Gasteiger charge is -2.27. The second-order valence-electron chi connectivity index (χ2n) is 3.84. The number of carbonyl (C=O) groups excluding carboxylic acids is 1. The van der Waals surface area contributed by atoms with Crippen LogP contribution in [0.3, 0.4) is 0 Å². The van der Waals surface area contributed by atoms with E-state index in [1.807, 2.05) is 0 Å². The zero-order valence-electron chi connectivity index (χ0n) is 10.4. The minimum absolute atomic E-state index is 0.0569. The molecule has 0 bridgehead atoms. The molecule has 1 atom stereocenters. The first-order valence-electron chi connectivity index (χ1n) is 5.61. The van der Waals surface area contributed by atoms with Gasteiger partial charge in [0, 0.05) is 24.2 Å². The molecule has 0 spiro atoms. The molecule has 9 heteroatoms. The Morgan fingerprint density at radius 3 is 2.30 bits per heavy atom. The van der Waals surface area contributed by atoms with Gasteiger partial charge >= 0.3 is 0 Å². The molecular weight excluding hydrogens is 328 g/mol. The number of non-ortho nitro benzene ring substituents is 1. The number of nitrogens with one attached hydrogen (secondary N) is 2.